The third-order valence-corrected chi connectivity index (χ3v) is 0.325. The predicted octanol–water partition coefficient (Wildman–Crippen LogP) is 1.30. The molecular formula is C3H6BF. The molecule has 0 amide bonds. The minimum atomic E-state index is -0.852. The van der Waals surface area contributed by atoms with Gasteiger partial charge in [-0.25, -0.2) is 0 Å². The van der Waals surface area contributed by atoms with E-state index in [4.69, 9.17) is 0 Å². The first kappa shape index (κ1) is 4.73. The molecule has 0 atom stereocenters. The molecule has 0 heterocycles. The van der Waals surface area contributed by atoms with Crippen LogP contribution in [0.2, 0.25) is 6.82 Å². The van der Waals surface area contributed by atoms with E-state index in [0.717, 1.165) is 0 Å². The Kier molecular flexibility index (Phi) is 1.90. The number of hydrogen-bond acceptors (Lipinski definition) is 0. The van der Waals surface area contributed by atoms with Gasteiger partial charge in [-0.15, -0.1) is 6.58 Å². The summed E-state index contributed by atoms with van der Waals surface area (Å²) < 4.78 is 11.3. The van der Waals surface area contributed by atoms with Gasteiger partial charge < -0.3 is 4.32 Å². The molecule has 0 bridgehead atoms. The monoisotopic (exact) mass is 72.1 g/mol. The molecule has 2 heteroatoms. The van der Waals surface area contributed by atoms with Crippen molar-refractivity contribution in [1.29, 1.82) is 0 Å². The Hall–Kier alpha value is -0.265. The van der Waals surface area contributed by atoms with Crippen molar-refractivity contribution in [3.05, 3.63) is 12.6 Å². The van der Waals surface area contributed by atoms with Crippen molar-refractivity contribution in [1.82, 2.24) is 0 Å². The fourth-order valence-electron chi connectivity index (χ4n) is 0. The molecule has 0 saturated carbocycles. The molecule has 0 nitrogen and oxygen atoms in total. The summed E-state index contributed by atoms with van der Waals surface area (Å²) >= 11 is 0. The largest absolute Gasteiger partial charge is 0.369 e. The first-order valence-electron chi connectivity index (χ1n) is 1.54. The van der Waals surface area contributed by atoms with E-state index in [0.29, 0.717) is 0 Å². The van der Waals surface area contributed by atoms with Gasteiger partial charge in [0.2, 0.25) is 0 Å². The average molecular weight is 71.9 g/mol. The van der Waals surface area contributed by atoms with Crippen LogP contribution in [-0.4, -0.2) is 6.99 Å². The molecule has 0 aromatic heterocycles. The van der Waals surface area contributed by atoms with Gasteiger partial charge in [-0.05, 0) is 0 Å². The van der Waals surface area contributed by atoms with Gasteiger partial charge in [-0.3, -0.25) is 0 Å². The quantitative estimate of drug-likeness (QED) is 0.409. The third kappa shape index (κ3) is 3.73. The normalized spacial score (nSPS) is 6.80. The highest BCUT2D eigenvalue weighted by Gasteiger charge is 1.90. The highest BCUT2D eigenvalue weighted by atomic mass is 19.1. The zero-order valence-corrected chi connectivity index (χ0v) is 3.24. The number of halogens is 1. The van der Waals surface area contributed by atoms with Gasteiger partial charge >= 0.3 is 6.99 Å². The zero-order chi connectivity index (χ0) is 4.28. The van der Waals surface area contributed by atoms with Gasteiger partial charge in [0.05, 0.1) is 0 Å². The fraction of sp³-hybridized carbons (Fsp3) is 0.333. The van der Waals surface area contributed by atoms with Crippen molar-refractivity contribution in [2.24, 2.45) is 0 Å². The van der Waals surface area contributed by atoms with Crippen molar-refractivity contribution in [2.75, 3.05) is 0 Å². The number of hydrogen-bond donors (Lipinski definition) is 0. The van der Waals surface area contributed by atoms with Gasteiger partial charge in [0.1, 0.15) is 0 Å². The lowest BCUT2D eigenvalue weighted by molar-refractivity contribution is 0.855. The van der Waals surface area contributed by atoms with E-state index >= 15 is 0 Å². The van der Waals surface area contributed by atoms with Crippen LogP contribution >= 0.6 is 0 Å². The second kappa shape index (κ2) is 2.00. The third-order valence-electron chi connectivity index (χ3n) is 0.325. The molecule has 0 aromatic rings. The predicted molar refractivity (Wildman–Crippen MR) is 22.9 cm³/mol. The molecule has 0 saturated heterocycles. The lowest BCUT2D eigenvalue weighted by Crippen LogP contribution is -1.86. The maximum atomic E-state index is 11.3. The molecular weight excluding hydrogens is 65.8 g/mol. The van der Waals surface area contributed by atoms with Gasteiger partial charge in [0, 0.05) is 0 Å². The van der Waals surface area contributed by atoms with Crippen molar-refractivity contribution in [2.45, 2.75) is 6.82 Å². The topological polar surface area (TPSA) is 0 Å². The number of rotatable bonds is 1. The van der Waals surface area contributed by atoms with Crippen LogP contribution in [0.15, 0.2) is 12.6 Å². The Morgan fingerprint density at radius 3 is 2.20 bits per heavy atom. The van der Waals surface area contributed by atoms with Crippen LogP contribution in [0, 0.1) is 0 Å². The van der Waals surface area contributed by atoms with Crippen LogP contribution in [0.25, 0.3) is 0 Å². The van der Waals surface area contributed by atoms with Gasteiger partial charge in [0.15, 0.2) is 0 Å². The Labute approximate surface area is 31.8 Å². The van der Waals surface area contributed by atoms with E-state index in [9.17, 15) is 4.32 Å². The van der Waals surface area contributed by atoms with E-state index in [1.165, 1.54) is 12.8 Å². The van der Waals surface area contributed by atoms with Crippen molar-refractivity contribution in [3.8, 4) is 0 Å². The summed E-state index contributed by atoms with van der Waals surface area (Å²) in [4.78, 5) is 0. The Bertz CT molecular complexity index is 33.9. The molecule has 28 valence electrons. The van der Waals surface area contributed by atoms with E-state index in [1.54, 1.807) is 0 Å². The molecule has 0 unspecified atom stereocenters. The van der Waals surface area contributed by atoms with Gasteiger partial charge in [0.25, 0.3) is 0 Å². The summed E-state index contributed by atoms with van der Waals surface area (Å²) in [6.07, 6.45) is 0. The summed E-state index contributed by atoms with van der Waals surface area (Å²) in [6.45, 7) is 3.77. The lowest BCUT2D eigenvalue weighted by atomic mass is 9.77. The molecule has 0 aliphatic rings. The van der Waals surface area contributed by atoms with Crippen molar-refractivity contribution in [3.63, 3.8) is 0 Å². The standard InChI is InChI=1S/C3H6BF/c1-3-4(2)5/h3H,1H2,2H3. The van der Waals surface area contributed by atoms with Crippen molar-refractivity contribution >= 4 is 6.99 Å². The van der Waals surface area contributed by atoms with Crippen LogP contribution in [-0.2, 0) is 0 Å². The van der Waals surface area contributed by atoms with E-state index in [2.05, 4.69) is 6.58 Å². The smallest absolute Gasteiger partial charge is 0.330 e. The molecule has 0 aliphatic carbocycles. The molecule has 0 spiro atoms. The van der Waals surface area contributed by atoms with Crippen LogP contribution in [0.1, 0.15) is 0 Å². The summed E-state index contributed by atoms with van der Waals surface area (Å²) in [5, 5.41) is 0. The first-order chi connectivity index (χ1) is 2.27. The van der Waals surface area contributed by atoms with Crippen LogP contribution in [0.3, 0.4) is 0 Å². The van der Waals surface area contributed by atoms with Crippen molar-refractivity contribution < 1.29 is 4.32 Å². The summed E-state index contributed by atoms with van der Waals surface area (Å²) in [7, 11) is 0. The van der Waals surface area contributed by atoms with Crippen LogP contribution in [0.5, 0.6) is 0 Å². The Balaban J connectivity index is 2.83. The molecule has 0 aliphatic heterocycles. The highest BCUT2D eigenvalue weighted by Crippen LogP contribution is 1.77. The summed E-state index contributed by atoms with van der Waals surface area (Å²) in [5.41, 5.74) is 0. The van der Waals surface area contributed by atoms with Gasteiger partial charge in [-0.2, -0.15) is 0 Å². The molecule has 0 rings (SSSR count). The fourth-order valence-corrected chi connectivity index (χ4v) is 0. The van der Waals surface area contributed by atoms with Crippen LogP contribution in [0.4, 0.5) is 4.32 Å². The minimum Gasteiger partial charge on any atom is -0.330 e. The second-order valence-electron chi connectivity index (χ2n) is 0.913. The molecule has 0 N–H and O–H groups in total. The molecule has 5 heavy (non-hydrogen) atoms. The van der Waals surface area contributed by atoms with Crippen LogP contribution < -0.4 is 0 Å². The zero-order valence-electron chi connectivity index (χ0n) is 3.24. The highest BCUT2D eigenvalue weighted by molar-refractivity contribution is 6.55. The minimum absolute atomic E-state index is 0.852. The first-order valence-corrected chi connectivity index (χ1v) is 1.54. The molecule has 0 fully saturated rings. The lowest BCUT2D eigenvalue weighted by Gasteiger charge is -1.71. The van der Waals surface area contributed by atoms with E-state index < -0.39 is 6.99 Å². The second-order valence-corrected chi connectivity index (χ2v) is 0.913. The maximum absolute atomic E-state index is 11.3. The van der Waals surface area contributed by atoms with E-state index in [1.807, 2.05) is 0 Å². The SMILES string of the molecule is C=CB(C)F. The average Bonchev–Trinajstić information content (AvgIpc) is 1.38. The summed E-state index contributed by atoms with van der Waals surface area (Å²) in [6, 6.07) is 0. The molecule has 0 radical (unpaired) electrons. The Morgan fingerprint density at radius 2 is 2.20 bits per heavy atom. The maximum Gasteiger partial charge on any atom is 0.369 e. The van der Waals surface area contributed by atoms with E-state index in [-0.39, 0.29) is 0 Å². The Morgan fingerprint density at radius 1 is 2.00 bits per heavy atom. The molecule has 0 aromatic carbocycles. The summed E-state index contributed by atoms with van der Waals surface area (Å²) in [5.74, 6) is 1.25. The van der Waals surface area contributed by atoms with Gasteiger partial charge in [-0.1, -0.05) is 12.8 Å².